The van der Waals surface area contributed by atoms with Crippen molar-refractivity contribution in [2.45, 2.75) is 30.6 Å². The number of nitrogens with one attached hydrogen (secondary N) is 1. The molecule has 1 fully saturated rings. The lowest BCUT2D eigenvalue weighted by Crippen LogP contribution is -2.44. The van der Waals surface area contributed by atoms with Gasteiger partial charge >= 0.3 is 0 Å². The number of hydrogen-bond donors (Lipinski definition) is 1. The number of likely N-dealkylation sites (N-methyl/N-ethyl adjacent to an activating group) is 1. The molecule has 2 atom stereocenters. The van der Waals surface area contributed by atoms with E-state index in [1.807, 2.05) is 37.0 Å². The van der Waals surface area contributed by atoms with Gasteiger partial charge < -0.3 is 5.32 Å². The van der Waals surface area contributed by atoms with Gasteiger partial charge in [-0.1, -0.05) is 36.8 Å². The first-order valence-corrected chi connectivity index (χ1v) is 8.98. The monoisotopic (exact) mass is 320 g/mol. The van der Waals surface area contributed by atoms with Crippen LogP contribution in [0.4, 0.5) is 0 Å². The van der Waals surface area contributed by atoms with Crippen LogP contribution in [-0.4, -0.2) is 54.3 Å². The highest BCUT2D eigenvalue weighted by molar-refractivity contribution is 7.99. The molecule has 1 aliphatic carbocycles. The zero-order valence-corrected chi connectivity index (χ0v) is 14.1. The second kappa shape index (κ2) is 8.34. The van der Waals surface area contributed by atoms with E-state index in [0.717, 1.165) is 6.42 Å². The van der Waals surface area contributed by atoms with Crippen LogP contribution in [0.1, 0.15) is 29.6 Å². The average Bonchev–Trinajstić information content (AvgIpc) is 3.02. The van der Waals surface area contributed by atoms with Crippen LogP contribution >= 0.6 is 11.8 Å². The molecule has 1 aliphatic rings. The summed E-state index contributed by atoms with van der Waals surface area (Å²) in [6.45, 7) is 0.414. The largest absolute Gasteiger partial charge is 0.348 e. The number of Topliss-reactive ketones (excluding diaryl/α,β-unsaturated/α-hetero) is 1. The summed E-state index contributed by atoms with van der Waals surface area (Å²) in [6.07, 6.45) is 5.74. The standard InChI is InChI=1S/C17H24N2O2S/c1-19(14-9-6-10-16(14)22-2)12-17(21)18-11-15(20)13-7-4-3-5-8-13/h3-5,7-8,14,16H,6,9-12H2,1-2H3,(H,18,21)/t14-,16+/m1/s1. The Morgan fingerprint density at radius 1 is 1.27 bits per heavy atom. The van der Waals surface area contributed by atoms with Gasteiger partial charge in [0.15, 0.2) is 5.78 Å². The third-order valence-electron chi connectivity index (χ3n) is 4.22. The van der Waals surface area contributed by atoms with Crippen molar-refractivity contribution >= 4 is 23.5 Å². The molecule has 1 saturated carbocycles. The Balaban J connectivity index is 1.77. The number of amides is 1. The van der Waals surface area contributed by atoms with E-state index in [2.05, 4.69) is 16.5 Å². The molecule has 1 aromatic carbocycles. The van der Waals surface area contributed by atoms with E-state index in [9.17, 15) is 9.59 Å². The van der Waals surface area contributed by atoms with Gasteiger partial charge in [-0.3, -0.25) is 14.5 Å². The zero-order valence-electron chi connectivity index (χ0n) is 13.2. The minimum absolute atomic E-state index is 0.0561. The maximum atomic E-state index is 12.0. The molecular weight excluding hydrogens is 296 g/mol. The molecule has 0 saturated heterocycles. The Hall–Kier alpha value is -1.33. The van der Waals surface area contributed by atoms with E-state index in [0.29, 0.717) is 23.4 Å². The molecule has 0 aliphatic heterocycles. The lowest BCUT2D eigenvalue weighted by molar-refractivity contribution is -0.122. The van der Waals surface area contributed by atoms with Crippen molar-refractivity contribution < 1.29 is 9.59 Å². The number of carbonyl (C=O) groups is 2. The van der Waals surface area contributed by atoms with Gasteiger partial charge in [-0.05, 0) is 26.1 Å². The Kier molecular flexibility index (Phi) is 6.46. The van der Waals surface area contributed by atoms with Crippen LogP contribution in [0.15, 0.2) is 30.3 Å². The zero-order chi connectivity index (χ0) is 15.9. The molecule has 1 amide bonds. The van der Waals surface area contributed by atoms with Crippen molar-refractivity contribution in [3.05, 3.63) is 35.9 Å². The Morgan fingerprint density at radius 3 is 2.68 bits per heavy atom. The predicted octanol–water partition coefficient (Wildman–Crippen LogP) is 2.20. The molecule has 0 radical (unpaired) electrons. The highest BCUT2D eigenvalue weighted by atomic mass is 32.2. The first-order chi connectivity index (χ1) is 10.6. The van der Waals surface area contributed by atoms with Crippen LogP contribution in [0.5, 0.6) is 0 Å². The Labute approximate surface area is 136 Å². The third-order valence-corrected chi connectivity index (χ3v) is 5.38. The van der Waals surface area contributed by atoms with Crippen molar-refractivity contribution in [1.82, 2.24) is 10.2 Å². The van der Waals surface area contributed by atoms with Crippen molar-refractivity contribution in [1.29, 1.82) is 0 Å². The fourth-order valence-corrected chi connectivity index (χ4v) is 4.05. The minimum atomic E-state index is -0.0847. The summed E-state index contributed by atoms with van der Waals surface area (Å²) in [5.74, 6) is -0.141. The van der Waals surface area contributed by atoms with Crippen molar-refractivity contribution in [2.24, 2.45) is 0 Å². The molecular formula is C17H24N2O2S. The second-order valence-corrected chi connectivity index (χ2v) is 6.83. The predicted molar refractivity (Wildman–Crippen MR) is 91.4 cm³/mol. The van der Waals surface area contributed by atoms with Crippen LogP contribution in [0, 0.1) is 0 Å². The lowest BCUT2D eigenvalue weighted by Gasteiger charge is -2.28. The third kappa shape index (κ3) is 4.58. The molecule has 0 unspecified atom stereocenters. The van der Waals surface area contributed by atoms with Crippen molar-refractivity contribution in [3.63, 3.8) is 0 Å². The molecule has 5 heteroatoms. The highest BCUT2D eigenvalue weighted by Crippen LogP contribution is 2.31. The first-order valence-electron chi connectivity index (χ1n) is 7.70. The van der Waals surface area contributed by atoms with Gasteiger partial charge in [-0.25, -0.2) is 0 Å². The van der Waals surface area contributed by atoms with E-state index in [1.54, 1.807) is 12.1 Å². The van der Waals surface area contributed by atoms with Crippen LogP contribution in [0.2, 0.25) is 0 Å². The number of benzene rings is 1. The fraction of sp³-hybridized carbons (Fsp3) is 0.529. The van der Waals surface area contributed by atoms with Gasteiger partial charge in [-0.15, -0.1) is 0 Å². The summed E-state index contributed by atoms with van der Waals surface area (Å²) in [5.41, 5.74) is 0.634. The molecule has 4 nitrogen and oxygen atoms in total. The van der Waals surface area contributed by atoms with E-state index in [1.165, 1.54) is 12.8 Å². The number of hydrogen-bond acceptors (Lipinski definition) is 4. The van der Waals surface area contributed by atoms with Gasteiger partial charge in [-0.2, -0.15) is 11.8 Å². The molecule has 2 rings (SSSR count). The summed E-state index contributed by atoms with van der Waals surface area (Å²) < 4.78 is 0. The number of ketones is 1. The van der Waals surface area contributed by atoms with E-state index in [-0.39, 0.29) is 18.2 Å². The minimum Gasteiger partial charge on any atom is -0.348 e. The van der Waals surface area contributed by atoms with Gasteiger partial charge in [0, 0.05) is 16.9 Å². The smallest absolute Gasteiger partial charge is 0.234 e. The number of thioether (sulfide) groups is 1. The average molecular weight is 320 g/mol. The number of rotatable bonds is 7. The van der Waals surface area contributed by atoms with Crippen molar-refractivity contribution in [3.8, 4) is 0 Å². The molecule has 1 aromatic rings. The number of carbonyl (C=O) groups excluding carboxylic acids is 2. The maximum Gasteiger partial charge on any atom is 0.234 e. The molecule has 0 aromatic heterocycles. The molecule has 0 bridgehead atoms. The summed E-state index contributed by atoms with van der Waals surface area (Å²) in [7, 11) is 2.00. The normalized spacial score (nSPS) is 21.0. The quantitative estimate of drug-likeness (QED) is 0.783. The van der Waals surface area contributed by atoms with Crippen LogP contribution < -0.4 is 5.32 Å². The lowest BCUT2D eigenvalue weighted by atomic mass is 10.1. The number of nitrogens with zero attached hydrogens (tertiary/aromatic N) is 1. The molecule has 120 valence electrons. The molecule has 22 heavy (non-hydrogen) atoms. The summed E-state index contributed by atoms with van der Waals surface area (Å²) in [6, 6.07) is 9.51. The maximum absolute atomic E-state index is 12.0. The SMILES string of the molecule is CS[C@H]1CCC[C@H]1N(C)CC(=O)NCC(=O)c1ccccc1. The fourth-order valence-electron chi connectivity index (χ4n) is 2.99. The van der Waals surface area contributed by atoms with Gasteiger partial charge in [0.05, 0.1) is 13.1 Å². The van der Waals surface area contributed by atoms with Gasteiger partial charge in [0.2, 0.25) is 5.91 Å². The summed E-state index contributed by atoms with van der Waals surface area (Å²) in [5, 5.41) is 3.35. The summed E-state index contributed by atoms with van der Waals surface area (Å²) in [4.78, 5) is 26.1. The van der Waals surface area contributed by atoms with E-state index >= 15 is 0 Å². The first kappa shape index (κ1) is 17.0. The van der Waals surface area contributed by atoms with Crippen LogP contribution in [0.3, 0.4) is 0 Å². The Morgan fingerprint density at radius 2 is 2.00 bits per heavy atom. The van der Waals surface area contributed by atoms with E-state index in [4.69, 9.17) is 0 Å². The molecule has 0 spiro atoms. The van der Waals surface area contributed by atoms with Crippen LogP contribution in [-0.2, 0) is 4.79 Å². The van der Waals surface area contributed by atoms with Crippen LogP contribution in [0.25, 0.3) is 0 Å². The summed E-state index contributed by atoms with van der Waals surface area (Å²) >= 11 is 1.88. The topological polar surface area (TPSA) is 49.4 Å². The second-order valence-electron chi connectivity index (χ2n) is 5.75. The Bertz CT molecular complexity index is 507. The van der Waals surface area contributed by atoms with E-state index < -0.39 is 0 Å². The molecule has 0 heterocycles. The molecule has 1 N–H and O–H groups in total. The van der Waals surface area contributed by atoms with Crippen molar-refractivity contribution in [2.75, 3.05) is 26.4 Å². The van der Waals surface area contributed by atoms with Gasteiger partial charge in [0.1, 0.15) is 0 Å². The highest BCUT2D eigenvalue weighted by Gasteiger charge is 2.30. The van der Waals surface area contributed by atoms with Gasteiger partial charge in [0.25, 0.3) is 0 Å².